The molecule has 118 valence electrons. The maximum Gasteiger partial charge on any atom is 0.137 e. The minimum atomic E-state index is -1.38. The molecular formula is C18H16ClNO2S. The van der Waals surface area contributed by atoms with Gasteiger partial charge >= 0.3 is 0 Å². The fourth-order valence-electron chi connectivity index (χ4n) is 2.40. The van der Waals surface area contributed by atoms with Gasteiger partial charge in [-0.15, -0.1) is 0 Å². The molecule has 1 N–H and O–H groups in total. The molecule has 0 aliphatic carbocycles. The van der Waals surface area contributed by atoms with Gasteiger partial charge < -0.3 is 4.74 Å². The van der Waals surface area contributed by atoms with Gasteiger partial charge in [-0.2, -0.15) is 0 Å². The maximum absolute atomic E-state index is 12.8. The van der Waals surface area contributed by atoms with Gasteiger partial charge in [0.1, 0.15) is 21.6 Å². The van der Waals surface area contributed by atoms with Crippen molar-refractivity contribution in [1.82, 2.24) is 4.72 Å². The molecule has 0 aromatic heterocycles. The summed E-state index contributed by atoms with van der Waals surface area (Å²) in [4.78, 5) is 0.666. The van der Waals surface area contributed by atoms with Crippen molar-refractivity contribution in [2.24, 2.45) is 0 Å². The molecule has 0 bridgehead atoms. The molecule has 1 atom stereocenters. The predicted molar refractivity (Wildman–Crippen MR) is 95.2 cm³/mol. The molecule has 0 heterocycles. The molecule has 3 aromatic rings. The number of methoxy groups -OCH3 is 1. The molecular weight excluding hydrogens is 330 g/mol. The molecule has 0 aliphatic rings. The quantitative estimate of drug-likeness (QED) is 0.748. The molecule has 0 saturated heterocycles. The summed E-state index contributed by atoms with van der Waals surface area (Å²) in [6.45, 7) is 0.482. The van der Waals surface area contributed by atoms with E-state index in [4.69, 9.17) is 16.3 Å². The van der Waals surface area contributed by atoms with Gasteiger partial charge in [-0.05, 0) is 29.1 Å². The summed E-state index contributed by atoms with van der Waals surface area (Å²) in [6, 6.07) is 19.1. The van der Waals surface area contributed by atoms with E-state index in [9.17, 15) is 4.21 Å². The molecule has 3 aromatic carbocycles. The average molecular weight is 346 g/mol. The number of halogens is 1. The van der Waals surface area contributed by atoms with E-state index < -0.39 is 11.0 Å². The highest BCUT2D eigenvalue weighted by Crippen LogP contribution is 2.30. The van der Waals surface area contributed by atoms with Crippen molar-refractivity contribution in [2.45, 2.75) is 11.4 Å². The normalized spacial score (nSPS) is 12.3. The smallest absolute Gasteiger partial charge is 0.137 e. The molecule has 1 unspecified atom stereocenters. The fraction of sp³-hybridized carbons (Fsp3) is 0.111. The van der Waals surface area contributed by atoms with Crippen LogP contribution in [0.2, 0.25) is 5.02 Å². The Hall–Kier alpha value is -1.88. The Kier molecular flexibility index (Phi) is 4.96. The highest BCUT2D eigenvalue weighted by Gasteiger charge is 2.14. The Morgan fingerprint density at radius 3 is 2.52 bits per heavy atom. The highest BCUT2D eigenvalue weighted by atomic mass is 35.5. The number of fused-ring (bicyclic) bond motifs is 1. The van der Waals surface area contributed by atoms with E-state index in [2.05, 4.69) is 4.72 Å². The summed E-state index contributed by atoms with van der Waals surface area (Å²) in [6.07, 6.45) is 0. The first-order valence-electron chi connectivity index (χ1n) is 7.14. The van der Waals surface area contributed by atoms with Crippen LogP contribution in [0.15, 0.2) is 65.6 Å². The van der Waals surface area contributed by atoms with Crippen LogP contribution in [-0.4, -0.2) is 11.3 Å². The zero-order valence-electron chi connectivity index (χ0n) is 12.6. The van der Waals surface area contributed by atoms with E-state index in [0.717, 1.165) is 16.3 Å². The molecule has 0 radical (unpaired) electrons. The van der Waals surface area contributed by atoms with E-state index in [1.807, 2.05) is 60.7 Å². The Morgan fingerprint density at radius 2 is 1.78 bits per heavy atom. The Labute approximate surface area is 142 Å². The first-order chi connectivity index (χ1) is 11.2. The van der Waals surface area contributed by atoms with E-state index in [0.29, 0.717) is 22.2 Å². The number of hydrogen-bond acceptors (Lipinski definition) is 2. The monoisotopic (exact) mass is 345 g/mol. The Morgan fingerprint density at radius 1 is 1.04 bits per heavy atom. The predicted octanol–water partition coefficient (Wildman–Crippen LogP) is 4.31. The van der Waals surface area contributed by atoms with Crippen molar-refractivity contribution in [3.8, 4) is 5.75 Å². The number of hydrogen-bond donors (Lipinski definition) is 1. The second-order valence-corrected chi connectivity index (χ2v) is 6.71. The minimum Gasteiger partial charge on any atom is -0.495 e. The van der Waals surface area contributed by atoms with Gasteiger partial charge in [-0.25, -0.2) is 8.93 Å². The molecule has 0 amide bonds. The van der Waals surface area contributed by atoms with Gasteiger partial charge in [-0.3, -0.25) is 0 Å². The highest BCUT2D eigenvalue weighted by molar-refractivity contribution is 7.83. The van der Waals surface area contributed by atoms with E-state index in [1.54, 1.807) is 7.11 Å². The number of ether oxygens (including phenoxy) is 1. The third kappa shape index (κ3) is 3.55. The van der Waals surface area contributed by atoms with Gasteiger partial charge in [0.05, 0.1) is 7.11 Å². The van der Waals surface area contributed by atoms with E-state index >= 15 is 0 Å². The lowest BCUT2D eigenvalue weighted by molar-refractivity contribution is 0.405. The molecule has 0 aliphatic heterocycles. The lowest BCUT2D eigenvalue weighted by Crippen LogP contribution is -2.17. The van der Waals surface area contributed by atoms with Crippen LogP contribution in [0.1, 0.15) is 5.56 Å². The fourth-order valence-corrected chi connectivity index (χ4v) is 3.69. The SMILES string of the molecule is COc1ccc2ccccc2c1S(=O)NCc1ccc(Cl)cc1. The van der Waals surface area contributed by atoms with Gasteiger partial charge in [-0.1, -0.05) is 54.1 Å². The van der Waals surface area contributed by atoms with Gasteiger partial charge in [0.25, 0.3) is 0 Å². The second kappa shape index (κ2) is 7.13. The van der Waals surface area contributed by atoms with Crippen LogP contribution < -0.4 is 9.46 Å². The molecule has 5 heteroatoms. The van der Waals surface area contributed by atoms with Crippen molar-refractivity contribution < 1.29 is 8.95 Å². The van der Waals surface area contributed by atoms with Crippen LogP contribution in [0.4, 0.5) is 0 Å². The summed E-state index contributed by atoms with van der Waals surface area (Å²) in [7, 11) is 0.204. The van der Waals surface area contributed by atoms with Gasteiger partial charge in [0.15, 0.2) is 0 Å². The topological polar surface area (TPSA) is 38.3 Å². The number of nitrogens with one attached hydrogen (secondary N) is 1. The molecule has 23 heavy (non-hydrogen) atoms. The second-order valence-electron chi connectivity index (χ2n) is 5.03. The standard InChI is InChI=1S/C18H16ClNO2S/c1-22-17-11-8-14-4-2-3-5-16(14)18(17)23(21)20-12-13-6-9-15(19)10-7-13/h2-11,20H,12H2,1H3. The third-order valence-electron chi connectivity index (χ3n) is 3.57. The van der Waals surface area contributed by atoms with Crippen molar-refractivity contribution in [3.05, 3.63) is 71.2 Å². The summed E-state index contributed by atoms with van der Waals surface area (Å²) < 4.78 is 21.2. The van der Waals surface area contributed by atoms with Crippen molar-refractivity contribution in [2.75, 3.05) is 7.11 Å². The molecule has 3 rings (SSSR count). The summed E-state index contributed by atoms with van der Waals surface area (Å²) in [5.41, 5.74) is 1.02. The zero-order chi connectivity index (χ0) is 16.2. The van der Waals surface area contributed by atoms with E-state index in [-0.39, 0.29) is 0 Å². The summed E-state index contributed by atoms with van der Waals surface area (Å²) in [5, 5.41) is 2.64. The van der Waals surface area contributed by atoms with Crippen LogP contribution >= 0.6 is 11.6 Å². The average Bonchev–Trinajstić information content (AvgIpc) is 2.60. The van der Waals surface area contributed by atoms with Crippen LogP contribution in [-0.2, 0) is 17.5 Å². The summed E-state index contributed by atoms with van der Waals surface area (Å²) >= 11 is 5.88. The van der Waals surface area contributed by atoms with Crippen LogP contribution in [0, 0.1) is 0 Å². The van der Waals surface area contributed by atoms with Crippen molar-refractivity contribution in [1.29, 1.82) is 0 Å². The van der Waals surface area contributed by atoms with Crippen molar-refractivity contribution >= 4 is 33.4 Å². The Balaban J connectivity index is 1.89. The molecule has 0 saturated carbocycles. The minimum absolute atomic E-state index is 0.482. The van der Waals surface area contributed by atoms with Gasteiger partial charge in [0.2, 0.25) is 0 Å². The summed E-state index contributed by atoms with van der Waals surface area (Å²) in [5.74, 6) is 0.616. The van der Waals surface area contributed by atoms with Crippen molar-refractivity contribution in [3.63, 3.8) is 0 Å². The number of benzene rings is 3. The maximum atomic E-state index is 12.8. The third-order valence-corrected chi connectivity index (χ3v) is 5.02. The Bertz CT molecular complexity index is 849. The van der Waals surface area contributed by atoms with Gasteiger partial charge in [0, 0.05) is 17.0 Å². The van der Waals surface area contributed by atoms with Crippen LogP contribution in [0.5, 0.6) is 5.75 Å². The lowest BCUT2D eigenvalue weighted by Gasteiger charge is -2.12. The van der Waals surface area contributed by atoms with Crippen LogP contribution in [0.25, 0.3) is 10.8 Å². The first kappa shape index (κ1) is 16.0. The zero-order valence-corrected chi connectivity index (χ0v) is 14.2. The lowest BCUT2D eigenvalue weighted by atomic mass is 10.1. The number of rotatable bonds is 5. The first-order valence-corrected chi connectivity index (χ1v) is 8.67. The molecule has 0 fully saturated rings. The largest absolute Gasteiger partial charge is 0.495 e. The molecule has 3 nitrogen and oxygen atoms in total. The molecule has 0 spiro atoms. The van der Waals surface area contributed by atoms with Crippen LogP contribution in [0.3, 0.4) is 0 Å². The van der Waals surface area contributed by atoms with E-state index in [1.165, 1.54) is 0 Å².